The predicted octanol–water partition coefficient (Wildman–Crippen LogP) is 2.00. The van der Waals surface area contributed by atoms with Gasteiger partial charge in [0, 0.05) is 6.08 Å². The van der Waals surface area contributed by atoms with E-state index < -0.39 is 5.97 Å². The summed E-state index contributed by atoms with van der Waals surface area (Å²) in [6.45, 7) is 8.37. The van der Waals surface area contributed by atoms with Crippen molar-refractivity contribution in [3.05, 3.63) is 23.8 Å². The molecule has 3 nitrogen and oxygen atoms in total. The maximum absolute atomic E-state index is 10.2. The summed E-state index contributed by atoms with van der Waals surface area (Å²) < 4.78 is 5.21. The molecule has 0 spiro atoms. The molecule has 0 aromatic rings. The van der Waals surface area contributed by atoms with E-state index in [1.807, 2.05) is 6.92 Å². The zero-order valence-electron chi connectivity index (χ0n) is 8.17. The van der Waals surface area contributed by atoms with Crippen LogP contribution in [0.1, 0.15) is 20.3 Å². The minimum absolute atomic E-state index is 0.375. The molecule has 0 aromatic heterocycles. The van der Waals surface area contributed by atoms with E-state index in [4.69, 9.17) is 9.84 Å². The average Bonchev–Trinajstić information content (AvgIpc) is 1.96. The van der Waals surface area contributed by atoms with Crippen LogP contribution in [0.15, 0.2) is 23.8 Å². The molecule has 0 aliphatic carbocycles. The first-order chi connectivity index (χ1) is 6.02. The topological polar surface area (TPSA) is 46.5 Å². The SMILES string of the molecule is C=C(C)CCOCC(C)=CC(=O)O. The number of hydrogen-bond acceptors (Lipinski definition) is 2. The van der Waals surface area contributed by atoms with Crippen LogP contribution in [0.2, 0.25) is 0 Å². The lowest BCUT2D eigenvalue weighted by Gasteiger charge is -2.03. The second-order valence-corrected chi connectivity index (χ2v) is 3.09. The number of ether oxygens (including phenoxy) is 1. The van der Waals surface area contributed by atoms with Crippen LogP contribution in [0.4, 0.5) is 0 Å². The average molecular weight is 184 g/mol. The Kier molecular flexibility index (Phi) is 5.89. The van der Waals surface area contributed by atoms with Gasteiger partial charge < -0.3 is 9.84 Å². The van der Waals surface area contributed by atoms with E-state index >= 15 is 0 Å². The summed E-state index contributed by atoms with van der Waals surface area (Å²) in [5, 5.41) is 8.38. The van der Waals surface area contributed by atoms with Crippen molar-refractivity contribution in [1.29, 1.82) is 0 Å². The van der Waals surface area contributed by atoms with Crippen molar-refractivity contribution in [1.82, 2.24) is 0 Å². The van der Waals surface area contributed by atoms with Crippen LogP contribution < -0.4 is 0 Å². The molecular weight excluding hydrogens is 168 g/mol. The van der Waals surface area contributed by atoms with Crippen LogP contribution in [0.25, 0.3) is 0 Å². The van der Waals surface area contributed by atoms with Gasteiger partial charge in [-0.05, 0) is 25.8 Å². The quantitative estimate of drug-likeness (QED) is 0.390. The van der Waals surface area contributed by atoms with Gasteiger partial charge in [0.2, 0.25) is 0 Å². The van der Waals surface area contributed by atoms with Gasteiger partial charge >= 0.3 is 5.97 Å². The largest absolute Gasteiger partial charge is 0.478 e. The molecule has 0 rings (SSSR count). The smallest absolute Gasteiger partial charge is 0.328 e. The highest BCUT2D eigenvalue weighted by atomic mass is 16.5. The van der Waals surface area contributed by atoms with Crippen LogP contribution in [0, 0.1) is 0 Å². The molecule has 74 valence electrons. The predicted molar refractivity (Wildman–Crippen MR) is 51.6 cm³/mol. The van der Waals surface area contributed by atoms with Crippen molar-refractivity contribution in [3.8, 4) is 0 Å². The number of carbonyl (C=O) groups is 1. The monoisotopic (exact) mass is 184 g/mol. The third kappa shape index (κ3) is 8.82. The Morgan fingerprint density at radius 1 is 1.54 bits per heavy atom. The maximum atomic E-state index is 10.2. The van der Waals surface area contributed by atoms with Crippen LogP contribution in [-0.4, -0.2) is 24.3 Å². The van der Waals surface area contributed by atoms with Gasteiger partial charge in [0.15, 0.2) is 0 Å². The van der Waals surface area contributed by atoms with Gasteiger partial charge in [0.25, 0.3) is 0 Å². The number of aliphatic carboxylic acids is 1. The zero-order valence-corrected chi connectivity index (χ0v) is 8.17. The molecule has 0 saturated carbocycles. The minimum atomic E-state index is -0.930. The van der Waals surface area contributed by atoms with Crippen molar-refractivity contribution >= 4 is 5.97 Å². The molecule has 3 heteroatoms. The standard InChI is InChI=1S/C10H16O3/c1-8(2)4-5-13-7-9(3)6-10(11)12/h6H,1,4-5,7H2,2-3H3,(H,11,12). The Morgan fingerprint density at radius 3 is 2.62 bits per heavy atom. The van der Waals surface area contributed by atoms with Gasteiger partial charge in [0.1, 0.15) is 0 Å². The molecule has 0 fully saturated rings. The molecule has 0 atom stereocenters. The number of rotatable bonds is 6. The molecule has 0 radical (unpaired) electrons. The second kappa shape index (κ2) is 6.43. The first-order valence-corrected chi connectivity index (χ1v) is 4.14. The Labute approximate surface area is 78.7 Å². The van der Waals surface area contributed by atoms with Gasteiger partial charge in [-0.15, -0.1) is 6.58 Å². The molecule has 0 heterocycles. The summed E-state index contributed by atoms with van der Waals surface area (Å²) in [6, 6.07) is 0. The lowest BCUT2D eigenvalue weighted by Crippen LogP contribution is -2.00. The van der Waals surface area contributed by atoms with Crippen LogP contribution in [0.5, 0.6) is 0 Å². The molecule has 0 bridgehead atoms. The van der Waals surface area contributed by atoms with Gasteiger partial charge in [0.05, 0.1) is 13.2 Å². The first-order valence-electron chi connectivity index (χ1n) is 4.14. The third-order valence-electron chi connectivity index (χ3n) is 1.37. The molecule has 0 saturated heterocycles. The van der Waals surface area contributed by atoms with Crippen molar-refractivity contribution in [2.24, 2.45) is 0 Å². The summed E-state index contributed by atoms with van der Waals surface area (Å²) in [5.74, 6) is -0.930. The Balaban J connectivity index is 3.53. The Bertz CT molecular complexity index is 216. The van der Waals surface area contributed by atoms with Gasteiger partial charge in [-0.3, -0.25) is 0 Å². The lowest BCUT2D eigenvalue weighted by molar-refractivity contribution is -0.131. The van der Waals surface area contributed by atoms with Crippen molar-refractivity contribution in [2.45, 2.75) is 20.3 Å². The Morgan fingerprint density at radius 2 is 2.15 bits per heavy atom. The van der Waals surface area contributed by atoms with Gasteiger partial charge in [-0.25, -0.2) is 4.79 Å². The van der Waals surface area contributed by atoms with E-state index in [2.05, 4.69) is 6.58 Å². The van der Waals surface area contributed by atoms with E-state index in [-0.39, 0.29) is 0 Å². The van der Waals surface area contributed by atoms with Crippen LogP contribution >= 0.6 is 0 Å². The molecule has 13 heavy (non-hydrogen) atoms. The van der Waals surface area contributed by atoms with E-state index in [0.29, 0.717) is 18.8 Å². The van der Waals surface area contributed by atoms with E-state index in [0.717, 1.165) is 18.1 Å². The summed E-state index contributed by atoms with van der Waals surface area (Å²) in [7, 11) is 0. The lowest BCUT2D eigenvalue weighted by atomic mass is 10.2. The summed E-state index contributed by atoms with van der Waals surface area (Å²) in [5.41, 5.74) is 1.79. The molecule has 1 N–H and O–H groups in total. The minimum Gasteiger partial charge on any atom is -0.478 e. The molecule has 0 amide bonds. The molecule has 0 aromatic carbocycles. The molecule has 0 aliphatic heterocycles. The zero-order chi connectivity index (χ0) is 10.3. The highest BCUT2D eigenvalue weighted by Gasteiger charge is 1.94. The highest BCUT2D eigenvalue weighted by molar-refractivity contribution is 5.80. The van der Waals surface area contributed by atoms with E-state index in [9.17, 15) is 4.79 Å². The first kappa shape index (κ1) is 11.9. The fourth-order valence-corrected chi connectivity index (χ4v) is 0.732. The maximum Gasteiger partial charge on any atom is 0.328 e. The van der Waals surface area contributed by atoms with Crippen molar-refractivity contribution < 1.29 is 14.6 Å². The van der Waals surface area contributed by atoms with Gasteiger partial charge in [-0.2, -0.15) is 0 Å². The fourth-order valence-electron chi connectivity index (χ4n) is 0.732. The van der Waals surface area contributed by atoms with E-state index in [1.54, 1.807) is 6.92 Å². The van der Waals surface area contributed by atoms with Crippen molar-refractivity contribution in [2.75, 3.05) is 13.2 Å². The summed E-state index contributed by atoms with van der Waals surface area (Å²) >= 11 is 0. The summed E-state index contributed by atoms with van der Waals surface area (Å²) in [6.07, 6.45) is 1.97. The highest BCUT2D eigenvalue weighted by Crippen LogP contribution is 1.98. The van der Waals surface area contributed by atoms with Crippen molar-refractivity contribution in [3.63, 3.8) is 0 Å². The summed E-state index contributed by atoms with van der Waals surface area (Å²) in [4.78, 5) is 10.2. The Hall–Kier alpha value is -1.09. The third-order valence-corrected chi connectivity index (χ3v) is 1.37. The second-order valence-electron chi connectivity index (χ2n) is 3.09. The van der Waals surface area contributed by atoms with Gasteiger partial charge in [-0.1, -0.05) is 5.57 Å². The molecular formula is C10H16O3. The van der Waals surface area contributed by atoms with Crippen LogP contribution in [0.3, 0.4) is 0 Å². The molecule has 0 unspecified atom stereocenters. The number of carboxylic acid groups (broad SMARTS) is 1. The number of hydrogen-bond donors (Lipinski definition) is 1. The molecule has 0 aliphatic rings. The normalized spacial score (nSPS) is 11.4. The number of carboxylic acids is 1. The van der Waals surface area contributed by atoms with E-state index in [1.165, 1.54) is 0 Å². The fraction of sp³-hybridized carbons (Fsp3) is 0.500. The van der Waals surface area contributed by atoms with Crippen LogP contribution in [-0.2, 0) is 9.53 Å².